The fraction of sp³-hybridized carbons (Fsp3) is 0.0625. The van der Waals surface area contributed by atoms with Crippen molar-refractivity contribution < 1.29 is 4.42 Å². The monoisotopic (exact) mass is 251 g/mol. The molecule has 1 aromatic carbocycles. The Kier molecular flexibility index (Phi) is 3.02. The lowest BCUT2D eigenvalue weighted by Gasteiger charge is -2.07. The quantitative estimate of drug-likeness (QED) is 0.716. The number of pyridine rings is 1. The molecule has 0 unspecified atom stereocenters. The Hall–Kier alpha value is -2.55. The van der Waals surface area contributed by atoms with E-state index >= 15 is 0 Å². The second kappa shape index (κ2) is 4.98. The number of hydrogen-bond acceptors (Lipinski definition) is 2. The van der Waals surface area contributed by atoms with Crippen molar-refractivity contribution >= 4 is 0 Å². The molecule has 0 amide bonds. The number of aromatic nitrogens is 1. The van der Waals surface area contributed by atoms with Crippen LogP contribution in [0.2, 0.25) is 0 Å². The van der Waals surface area contributed by atoms with Crippen LogP contribution in [-0.4, -0.2) is 4.57 Å². The summed E-state index contributed by atoms with van der Waals surface area (Å²) < 4.78 is 7.04. The van der Waals surface area contributed by atoms with E-state index in [1.807, 2.05) is 48.7 Å². The molecule has 3 heteroatoms. The molecule has 0 aliphatic heterocycles. The Morgan fingerprint density at radius 1 is 0.947 bits per heavy atom. The van der Waals surface area contributed by atoms with Gasteiger partial charge in [-0.25, -0.2) is 0 Å². The Morgan fingerprint density at radius 2 is 1.79 bits per heavy atom. The first-order valence-corrected chi connectivity index (χ1v) is 6.11. The van der Waals surface area contributed by atoms with E-state index in [1.54, 1.807) is 23.0 Å². The predicted octanol–water partition coefficient (Wildman–Crippen LogP) is 3.16. The van der Waals surface area contributed by atoms with Gasteiger partial charge in [-0.05, 0) is 23.8 Å². The van der Waals surface area contributed by atoms with E-state index in [0.717, 1.165) is 16.9 Å². The van der Waals surface area contributed by atoms with Gasteiger partial charge in [0.25, 0.3) is 5.56 Å². The molecule has 2 heterocycles. The SMILES string of the molecule is O=c1ccc(-c2ccco2)cn1Cc1ccccc1. The van der Waals surface area contributed by atoms with Gasteiger partial charge in [0.1, 0.15) is 5.76 Å². The number of nitrogens with zero attached hydrogens (tertiary/aromatic N) is 1. The first-order valence-electron chi connectivity index (χ1n) is 6.11. The van der Waals surface area contributed by atoms with Crippen LogP contribution in [0.3, 0.4) is 0 Å². The fourth-order valence-corrected chi connectivity index (χ4v) is 2.02. The van der Waals surface area contributed by atoms with Gasteiger partial charge in [0.15, 0.2) is 0 Å². The first-order chi connectivity index (χ1) is 9.33. The van der Waals surface area contributed by atoms with Crippen LogP contribution >= 0.6 is 0 Å². The zero-order valence-corrected chi connectivity index (χ0v) is 10.3. The van der Waals surface area contributed by atoms with E-state index in [0.29, 0.717) is 6.54 Å². The number of benzene rings is 1. The van der Waals surface area contributed by atoms with Crippen molar-refractivity contribution in [3.63, 3.8) is 0 Å². The second-order valence-electron chi connectivity index (χ2n) is 4.35. The van der Waals surface area contributed by atoms with Gasteiger partial charge in [0.05, 0.1) is 12.8 Å². The van der Waals surface area contributed by atoms with Gasteiger partial charge in [-0.2, -0.15) is 0 Å². The summed E-state index contributed by atoms with van der Waals surface area (Å²) in [5.41, 5.74) is 1.99. The van der Waals surface area contributed by atoms with Gasteiger partial charge >= 0.3 is 0 Å². The van der Waals surface area contributed by atoms with Gasteiger partial charge in [0.2, 0.25) is 0 Å². The third kappa shape index (κ3) is 2.50. The highest BCUT2D eigenvalue weighted by atomic mass is 16.3. The Bertz CT molecular complexity index is 712. The summed E-state index contributed by atoms with van der Waals surface area (Å²) in [6, 6.07) is 17.0. The summed E-state index contributed by atoms with van der Waals surface area (Å²) in [4.78, 5) is 11.9. The van der Waals surface area contributed by atoms with E-state index in [4.69, 9.17) is 4.42 Å². The van der Waals surface area contributed by atoms with Crippen molar-refractivity contribution in [1.82, 2.24) is 4.57 Å². The second-order valence-corrected chi connectivity index (χ2v) is 4.35. The molecule has 0 spiro atoms. The number of rotatable bonds is 3. The van der Waals surface area contributed by atoms with Crippen molar-refractivity contribution in [1.29, 1.82) is 0 Å². The van der Waals surface area contributed by atoms with Crippen molar-refractivity contribution in [3.05, 3.63) is 83.0 Å². The summed E-state index contributed by atoms with van der Waals surface area (Å²) in [6.07, 6.45) is 3.45. The highest BCUT2D eigenvalue weighted by Gasteiger charge is 2.04. The third-order valence-corrected chi connectivity index (χ3v) is 2.98. The summed E-state index contributed by atoms with van der Waals surface area (Å²) in [7, 11) is 0. The van der Waals surface area contributed by atoms with Gasteiger partial charge in [-0.1, -0.05) is 30.3 Å². The maximum Gasteiger partial charge on any atom is 0.250 e. The van der Waals surface area contributed by atoms with E-state index in [1.165, 1.54) is 0 Å². The van der Waals surface area contributed by atoms with Crippen LogP contribution in [-0.2, 0) is 6.54 Å². The van der Waals surface area contributed by atoms with E-state index in [9.17, 15) is 4.79 Å². The van der Waals surface area contributed by atoms with Crippen molar-refractivity contribution in [3.8, 4) is 11.3 Å². The molecule has 0 bridgehead atoms. The molecule has 3 aromatic rings. The largest absolute Gasteiger partial charge is 0.464 e. The van der Waals surface area contributed by atoms with Crippen LogP contribution in [0.25, 0.3) is 11.3 Å². The summed E-state index contributed by atoms with van der Waals surface area (Å²) in [5.74, 6) is 0.766. The Labute approximate surface area is 110 Å². The third-order valence-electron chi connectivity index (χ3n) is 2.98. The smallest absolute Gasteiger partial charge is 0.250 e. The highest BCUT2D eigenvalue weighted by Crippen LogP contribution is 2.18. The molecule has 3 rings (SSSR count). The zero-order chi connectivity index (χ0) is 13.1. The molecular weight excluding hydrogens is 238 g/mol. The minimum atomic E-state index is -0.0147. The van der Waals surface area contributed by atoms with Crippen molar-refractivity contribution in [2.24, 2.45) is 0 Å². The molecule has 0 saturated heterocycles. The minimum absolute atomic E-state index is 0.0147. The topological polar surface area (TPSA) is 35.1 Å². The predicted molar refractivity (Wildman–Crippen MR) is 73.9 cm³/mol. The lowest BCUT2D eigenvalue weighted by molar-refractivity contribution is 0.581. The van der Waals surface area contributed by atoms with E-state index in [-0.39, 0.29) is 5.56 Å². The van der Waals surface area contributed by atoms with Gasteiger partial charge < -0.3 is 8.98 Å². The maximum atomic E-state index is 11.9. The van der Waals surface area contributed by atoms with Crippen LogP contribution in [0.1, 0.15) is 5.56 Å². The molecule has 94 valence electrons. The lowest BCUT2D eigenvalue weighted by atomic mass is 10.2. The molecule has 19 heavy (non-hydrogen) atoms. The molecular formula is C16H13NO2. The first kappa shape index (κ1) is 11.5. The van der Waals surface area contributed by atoms with Crippen molar-refractivity contribution in [2.75, 3.05) is 0 Å². The van der Waals surface area contributed by atoms with Gasteiger partial charge in [-0.3, -0.25) is 4.79 Å². The number of hydrogen-bond donors (Lipinski definition) is 0. The Balaban J connectivity index is 1.97. The van der Waals surface area contributed by atoms with Crippen molar-refractivity contribution in [2.45, 2.75) is 6.54 Å². The average Bonchev–Trinajstić information content (AvgIpc) is 2.96. The molecule has 3 nitrogen and oxygen atoms in total. The maximum absolute atomic E-state index is 11.9. The van der Waals surface area contributed by atoms with Gasteiger partial charge in [-0.15, -0.1) is 0 Å². The molecule has 0 atom stereocenters. The summed E-state index contributed by atoms with van der Waals surface area (Å²) in [6.45, 7) is 0.564. The zero-order valence-electron chi connectivity index (χ0n) is 10.3. The normalized spacial score (nSPS) is 10.5. The molecule has 0 fully saturated rings. The standard InChI is InChI=1S/C16H13NO2/c18-16-9-8-14(15-7-4-10-19-15)12-17(16)11-13-5-2-1-3-6-13/h1-10,12H,11H2. The fourth-order valence-electron chi connectivity index (χ4n) is 2.02. The Morgan fingerprint density at radius 3 is 2.53 bits per heavy atom. The van der Waals surface area contributed by atoms with Crippen LogP contribution in [0.5, 0.6) is 0 Å². The van der Waals surface area contributed by atoms with E-state index < -0.39 is 0 Å². The molecule has 0 aliphatic carbocycles. The summed E-state index contributed by atoms with van der Waals surface area (Å²) in [5, 5.41) is 0. The average molecular weight is 251 g/mol. The lowest BCUT2D eigenvalue weighted by Crippen LogP contribution is -2.18. The van der Waals surface area contributed by atoms with Crippen LogP contribution in [0.15, 0.2) is 76.3 Å². The van der Waals surface area contributed by atoms with E-state index in [2.05, 4.69) is 0 Å². The van der Waals surface area contributed by atoms with Gasteiger partial charge in [0, 0.05) is 17.8 Å². The highest BCUT2D eigenvalue weighted by molar-refractivity contribution is 5.55. The molecule has 0 N–H and O–H groups in total. The van der Waals surface area contributed by atoms with Crippen LogP contribution in [0.4, 0.5) is 0 Å². The number of furan rings is 1. The van der Waals surface area contributed by atoms with Crippen LogP contribution < -0.4 is 5.56 Å². The molecule has 2 aromatic heterocycles. The molecule has 0 radical (unpaired) electrons. The molecule has 0 saturated carbocycles. The van der Waals surface area contributed by atoms with Crippen LogP contribution in [0, 0.1) is 0 Å². The summed E-state index contributed by atoms with van der Waals surface area (Å²) >= 11 is 0. The minimum Gasteiger partial charge on any atom is -0.464 e. The molecule has 0 aliphatic rings.